The van der Waals surface area contributed by atoms with Crippen LogP contribution in [0.5, 0.6) is 5.75 Å². The third kappa shape index (κ3) is 3.99. The van der Waals surface area contributed by atoms with E-state index in [4.69, 9.17) is 16.3 Å². The largest absolute Gasteiger partial charge is 0.489 e. The lowest BCUT2D eigenvalue weighted by molar-refractivity contribution is 0.193. The molecule has 1 N–H and O–H groups in total. The fourth-order valence-corrected chi connectivity index (χ4v) is 1.43. The molecular formula is C12H17ClFNO. The molecule has 0 aliphatic rings. The predicted molar refractivity (Wildman–Crippen MR) is 64.7 cm³/mol. The maximum absolute atomic E-state index is 13.2. The summed E-state index contributed by atoms with van der Waals surface area (Å²) < 4.78 is 18.8. The van der Waals surface area contributed by atoms with Crippen LogP contribution in [0.4, 0.5) is 4.39 Å². The molecule has 0 aromatic heterocycles. The number of likely N-dealkylation sites (N-methyl/N-ethyl adjacent to an activating group) is 1. The van der Waals surface area contributed by atoms with Crippen LogP contribution < -0.4 is 10.1 Å². The molecule has 0 heterocycles. The molecule has 0 saturated heterocycles. The molecular weight excluding hydrogens is 229 g/mol. The minimum absolute atomic E-state index is 0.0560. The molecule has 0 spiro atoms. The molecule has 90 valence electrons. The van der Waals surface area contributed by atoms with Crippen molar-refractivity contribution >= 4 is 11.6 Å². The minimum atomic E-state index is -0.447. The molecule has 0 fully saturated rings. The van der Waals surface area contributed by atoms with E-state index in [0.717, 1.165) is 19.5 Å². The highest BCUT2D eigenvalue weighted by Crippen LogP contribution is 2.21. The highest BCUT2D eigenvalue weighted by molar-refractivity contribution is 6.30. The van der Waals surface area contributed by atoms with Crippen LogP contribution in [0.15, 0.2) is 18.2 Å². The fraction of sp³-hybridized carbons (Fsp3) is 0.500. The Morgan fingerprint density at radius 1 is 1.44 bits per heavy atom. The summed E-state index contributed by atoms with van der Waals surface area (Å²) >= 11 is 5.59. The van der Waals surface area contributed by atoms with Crippen molar-refractivity contribution in [2.75, 3.05) is 13.1 Å². The quantitative estimate of drug-likeness (QED) is 0.831. The number of hydrogen-bond acceptors (Lipinski definition) is 2. The van der Waals surface area contributed by atoms with Crippen molar-refractivity contribution in [3.05, 3.63) is 29.0 Å². The maximum atomic E-state index is 13.2. The van der Waals surface area contributed by atoms with Gasteiger partial charge in [0.2, 0.25) is 0 Å². The molecule has 0 aliphatic heterocycles. The average molecular weight is 246 g/mol. The van der Waals surface area contributed by atoms with Gasteiger partial charge in [-0.2, -0.15) is 0 Å². The van der Waals surface area contributed by atoms with E-state index < -0.39 is 5.82 Å². The van der Waals surface area contributed by atoms with E-state index in [1.54, 1.807) is 6.07 Å². The summed E-state index contributed by atoms with van der Waals surface area (Å²) in [5.41, 5.74) is 0. The first-order valence-electron chi connectivity index (χ1n) is 5.49. The first-order valence-corrected chi connectivity index (χ1v) is 5.87. The van der Waals surface area contributed by atoms with Crippen molar-refractivity contribution in [2.24, 2.45) is 0 Å². The van der Waals surface area contributed by atoms with E-state index in [1.165, 1.54) is 12.1 Å². The molecule has 2 nitrogen and oxygen atoms in total. The van der Waals surface area contributed by atoms with Gasteiger partial charge in [-0.1, -0.05) is 25.4 Å². The van der Waals surface area contributed by atoms with Gasteiger partial charge in [-0.3, -0.25) is 0 Å². The summed E-state index contributed by atoms with van der Waals surface area (Å²) in [5.74, 6) is 0.0733. The molecule has 0 radical (unpaired) electrons. The van der Waals surface area contributed by atoms with Crippen molar-refractivity contribution in [3.8, 4) is 5.75 Å². The first-order chi connectivity index (χ1) is 7.67. The van der Waals surface area contributed by atoms with E-state index in [-0.39, 0.29) is 11.1 Å². The van der Waals surface area contributed by atoms with Crippen molar-refractivity contribution < 1.29 is 9.13 Å². The zero-order valence-corrected chi connectivity index (χ0v) is 10.4. The van der Waals surface area contributed by atoms with Crippen LogP contribution in [0.2, 0.25) is 5.02 Å². The Kier molecular flexibility index (Phi) is 5.56. The molecule has 0 aliphatic carbocycles. The van der Waals surface area contributed by atoms with Crippen LogP contribution in [0.1, 0.15) is 20.3 Å². The smallest absolute Gasteiger partial charge is 0.145 e. The zero-order valence-electron chi connectivity index (χ0n) is 9.59. The molecule has 0 amide bonds. The number of hydrogen-bond donors (Lipinski definition) is 1. The summed E-state index contributed by atoms with van der Waals surface area (Å²) in [6.45, 7) is 5.73. The van der Waals surface area contributed by atoms with E-state index in [9.17, 15) is 4.39 Å². The average Bonchev–Trinajstić information content (AvgIpc) is 2.29. The zero-order chi connectivity index (χ0) is 12.0. The molecule has 1 atom stereocenters. The van der Waals surface area contributed by atoms with Gasteiger partial charge in [-0.15, -0.1) is 0 Å². The summed E-state index contributed by atoms with van der Waals surface area (Å²) in [7, 11) is 0. The highest BCUT2D eigenvalue weighted by atomic mass is 35.5. The Morgan fingerprint density at radius 3 is 2.75 bits per heavy atom. The molecule has 4 heteroatoms. The topological polar surface area (TPSA) is 21.3 Å². The summed E-state index contributed by atoms with van der Waals surface area (Å²) in [4.78, 5) is 0. The summed E-state index contributed by atoms with van der Waals surface area (Å²) in [5, 5.41) is 3.32. The van der Waals surface area contributed by atoms with Gasteiger partial charge < -0.3 is 10.1 Å². The van der Waals surface area contributed by atoms with Gasteiger partial charge in [-0.05, 0) is 25.1 Å². The van der Waals surface area contributed by atoms with Gasteiger partial charge in [-0.25, -0.2) is 4.39 Å². The second-order valence-electron chi connectivity index (χ2n) is 3.53. The maximum Gasteiger partial charge on any atom is 0.145 e. The highest BCUT2D eigenvalue weighted by Gasteiger charge is 2.08. The van der Waals surface area contributed by atoms with E-state index >= 15 is 0 Å². The molecule has 1 unspecified atom stereocenters. The SMILES string of the molecule is CCNCC(CC)Oc1ccc(Cl)c(F)c1. The van der Waals surface area contributed by atoms with Gasteiger partial charge in [0.15, 0.2) is 0 Å². The molecule has 1 aromatic carbocycles. The lowest BCUT2D eigenvalue weighted by atomic mass is 10.2. The van der Waals surface area contributed by atoms with Gasteiger partial charge in [0.1, 0.15) is 17.7 Å². The normalized spacial score (nSPS) is 12.5. The van der Waals surface area contributed by atoms with Crippen molar-refractivity contribution in [1.82, 2.24) is 5.32 Å². The summed E-state index contributed by atoms with van der Waals surface area (Å²) in [6, 6.07) is 4.50. The number of nitrogens with one attached hydrogen (secondary N) is 1. The van der Waals surface area contributed by atoms with Crippen LogP contribution >= 0.6 is 11.6 Å². The van der Waals surface area contributed by atoms with Crippen molar-refractivity contribution in [1.29, 1.82) is 0 Å². The minimum Gasteiger partial charge on any atom is -0.489 e. The number of benzene rings is 1. The lowest BCUT2D eigenvalue weighted by Crippen LogP contribution is -2.30. The fourth-order valence-electron chi connectivity index (χ4n) is 1.32. The molecule has 0 saturated carbocycles. The van der Waals surface area contributed by atoms with E-state index in [0.29, 0.717) is 5.75 Å². The Balaban J connectivity index is 2.59. The van der Waals surface area contributed by atoms with Gasteiger partial charge in [0.25, 0.3) is 0 Å². The number of rotatable bonds is 6. The van der Waals surface area contributed by atoms with Gasteiger partial charge >= 0.3 is 0 Å². The Labute approximate surface area is 101 Å². The van der Waals surface area contributed by atoms with Crippen molar-refractivity contribution in [3.63, 3.8) is 0 Å². The molecule has 1 aromatic rings. The van der Waals surface area contributed by atoms with Crippen LogP contribution in [-0.4, -0.2) is 19.2 Å². The molecule has 16 heavy (non-hydrogen) atoms. The third-order valence-electron chi connectivity index (χ3n) is 2.27. The van der Waals surface area contributed by atoms with Crippen LogP contribution in [0.3, 0.4) is 0 Å². The second kappa shape index (κ2) is 6.71. The predicted octanol–water partition coefficient (Wildman–Crippen LogP) is 3.25. The van der Waals surface area contributed by atoms with Crippen LogP contribution in [0.25, 0.3) is 0 Å². The third-order valence-corrected chi connectivity index (χ3v) is 2.58. The Morgan fingerprint density at radius 2 is 2.19 bits per heavy atom. The number of halogens is 2. The Hall–Kier alpha value is -0.800. The van der Waals surface area contributed by atoms with E-state index in [2.05, 4.69) is 5.32 Å². The molecule has 0 bridgehead atoms. The first kappa shape index (κ1) is 13.3. The van der Waals surface area contributed by atoms with E-state index in [1.807, 2.05) is 13.8 Å². The Bertz CT molecular complexity index is 333. The molecule has 1 rings (SSSR count). The standard InChI is InChI=1S/C12H17ClFNO/c1-3-9(8-15-4-2)16-10-5-6-11(13)12(14)7-10/h5-7,9,15H,3-4,8H2,1-2H3. The second-order valence-corrected chi connectivity index (χ2v) is 3.94. The lowest BCUT2D eigenvalue weighted by Gasteiger charge is -2.17. The number of ether oxygens (including phenoxy) is 1. The van der Waals surface area contributed by atoms with Gasteiger partial charge in [0, 0.05) is 12.6 Å². The van der Waals surface area contributed by atoms with Crippen molar-refractivity contribution in [2.45, 2.75) is 26.4 Å². The monoisotopic (exact) mass is 245 g/mol. The van der Waals surface area contributed by atoms with Gasteiger partial charge in [0.05, 0.1) is 5.02 Å². The van der Waals surface area contributed by atoms with Crippen LogP contribution in [0, 0.1) is 5.82 Å². The van der Waals surface area contributed by atoms with Crippen LogP contribution in [-0.2, 0) is 0 Å². The summed E-state index contributed by atoms with van der Waals surface area (Å²) in [6.07, 6.45) is 0.928.